The van der Waals surface area contributed by atoms with Crippen LogP contribution >= 0.6 is 0 Å². The lowest BCUT2D eigenvalue weighted by molar-refractivity contribution is -0.123. The summed E-state index contributed by atoms with van der Waals surface area (Å²) in [6.07, 6.45) is 41.6. The molecule has 0 bridgehead atoms. The lowest BCUT2D eigenvalue weighted by atomic mass is 9.88. The quantitative estimate of drug-likeness (QED) is 0.0806. The first kappa shape index (κ1) is 36.7. The molecule has 0 aromatic carbocycles. The molecular weight excluding hydrogens is 448 g/mol. The lowest BCUT2D eigenvalue weighted by Crippen LogP contribution is -2.14. The molecule has 0 aromatic heterocycles. The van der Waals surface area contributed by atoms with E-state index in [4.69, 9.17) is 0 Å². The second-order valence-corrected chi connectivity index (χ2v) is 12.3. The van der Waals surface area contributed by atoms with Gasteiger partial charge in [0.2, 0.25) is 0 Å². The average molecular weight is 521 g/mol. The van der Waals surface area contributed by atoms with Crippen LogP contribution in [0.2, 0.25) is 0 Å². The highest BCUT2D eigenvalue weighted by Crippen LogP contribution is 2.23. The zero-order chi connectivity index (χ0) is 27.1. The third-order valence-electron chi connectivity index (χ3n) is 8.54. The van der Waals surface area contributed by atoms with Crippen molar-refractivity contribution in [2.75, 3.05) is 0 Å². The van der Waals surface area contributed by atoms with Crippen LogP contribution in [0.4, 0.5) is 0 Å². The molecule has 0 aromatic rings. The number of hydrogen-bond donors (Lipinski definition) is 0. The van der Waals surface area contributed by atoms with Gasteiger partial charge in [0.25, 0.3) is 0 Å². The van der Waals surface area contributed by atoms with Gasteiger partial charge in [-0.3, -0.25) is 4.79 Å². The zero-order valence-corrected chi connectivity index (χ0v) is 26.4. The van der Waals surface area contributed by atoms with E-state index < -0.39 is 0 Å². The maximum atomic E-state index is 13.0. The van der Waals surface area contributed by atoms with E-state index in [1.807, 2.05) is 0 Å². The summed E-state index contributed by atoms with van der Waals surface area (Å²) in [5, 5.41) is 0. The van der Waals surface area contributed by atoms with E-state index in [0.29, 0.717) is 11.7 Å². The Bertz CT molecular complexity index is 428. The van der Waals surface area contributed by atoms with E-state index in [1.54, 1.807) is 0 Å². The Labute approximate surface area is 236 Å². The van der Waals surface area contributed by atoms with Gasteiger partial charge in [-0.25, -0.2) is 0 Å². The third-order valence-corrected chi connectivity index (χ3v) is 8.54. The molecule has 0 spiro atoms. The Morgan fingerprint density at radius 1 is 0.351 bits per heavy atom. The van der Waals surface area contributed by atoms with Crippen LogP contribution in [0.5, 0.6) is 0 Å². The van der Waals surface area contributed by atoms with Crippen LogP contribution in [0.1, 0.15) is 220 Å². The SMILES string of the molecule is CCCCCCCCCCCCCCCCCC(=O)C(CCCCCCCC)CCCCCCCCC. The smallest absolute Gasteiger partial charge is 0.135 e. The van der Waals surface area contributed by atoms with Gasteiger partial charge in [0.1, 0.15) is 5.78 Å². The molecule has 0 fully saturated rings. The molecule has 0 heterocycles. The molecule has 0 aliphatic heterocycles. The van der Waals surface area contributed by atoms with E-state index in [2.05, 4.69) is 20.8 Å². The predicted octanol–water partition coefficient (Wildman–Crippen LogP) is 13.3. The van der Waals surface area contributed by atoms with Crippen molar-refractivity contribution < 1.29 is 4.79 Å². The molecule has 1 unspecified atom stereocenters. The van der Waals surface area contributed by atoms with Gasteiger partial charge in [-0.15, -0.1) is 0 Å². The Hall–Kier alpha value is -0.330. The molecule has 37 heavy (non-hydrogen) atoms. The van der Waals surface area contributed by atoms with Crippen LogP contribution in [-0.2, 0) is 4.79 Å². The van der Waals surface area contributed by atoms with Gasteiger partial charge in [0.15, 0.2) is 0 Å². The van der Waals surface area contributed by atoms with Gasteiger partial charge < -0.3 is 0 Å². The van der Waals surface area contributed by atoms with Crippen LogP contribution in [-0.4, -0.2) is 5.78 Å². The molecule has 0 amide bonds. The Balaban J connectivity index is 3.83. The molecule has 0 aliphatic carbocycles. The van der Waals surface area contributed by atoms with Crippen molar-refractivity contribution in [2.45, 2.75) is 220 Å². The standard InChI is InChI=1S/C36H72O/c1-4-7-10-13-16-17-18-19-20-21-22-23-25-28-31-34-36(37)35(32-29-26-15-12-9-6-3)33-30-27-24-14-11-8-5-2/h35H,4-34H2,1-3H3. The molecular formula is C36H72O. The molecule has 0 N–H and O–H groups in total. The van der Waals surface area contributed by atoms with Crippen molar-refractivity contribution in [3.8, 4) is 0 Å². The second-order valence-electron chi connectivity index (χ2n) is 12.3. The fourth-order valence-corrected chi connectivity index (χ4v) is 5.86. The largest absolute Gasteiger partial charge is 0.299 e. The van der Waals surface area contributed by atoms with Crippen molar-refractivity contribution in [2.24, 2.45) is 5.92 Å². The molecule has 0 saturated carbocycles. The van der Waals surface area contributed by atoms with Crippen LogP contribution in [0.3, 0.4) is 0 Å². The normalized spacial score (nSPS) is 12.3. The summed E-state index contributed by atoms with van der Waals surface area (Å²) in [5.74, 6) is 0.975. The fourth-order valence-electron chi connectivity index (χ4n) is 5.86. The van der Waals surface area contributed by atoms with Crippen molar-refractivity contribution in [3.63, 3.8) is 0 Å². The molecule has 1 heteroatoms. The topological polar surface area (TPSA) is 17.1 Å². The van der Waals surface area contributed by atoms with Crippen LogP contribution in [0.15, 0.2) is 0 Å². The van der Waals surface area contributed by atoms with E-state index in [-0.39, 0.29) is 0 Å². The minimum atomic E-state index is 0.369. The lowest BCUT2D eigenvalue weighted by Gasteiger charge is -2.16. The van der Waals surface area contributed by atoms with Gasteiger partial charge in [-0.05, 0) is 19.3 Å². The van der Waals surface area contributed by atoms with Crippen molar-refractivity contribution in [1.82, 2.24) is 0 Å². The number of unbranched alkanes of at least 4 members (excludes halogenated alkanes) is 25. The monoisotopic (exact) mass is 521 g/mol. The first-order chi connectivity index (χ1) is 18.3. The maximum absolute atomic E-state index is 13.0. The van der Waals surface area contributed by atoms with E-state index in [9.17, 15) is 4.79 Å². The van der Waals surface area contributed by atoms with Gasteiger partial charge >= 0.3 is 0 Å². The van der Waals surface area contributed by atoms with Crippen LogP contribution < -0.4 is 0 Å². The van der Waals surface area contributed by atoms with Gasteiger partial charge in [0, 0.05) is 12.3 Å². The van der Waals surface area contributed by atoms with Crippen molar-refractivity contribution in [3.05, 3.63) is 0 Å². The number of Topliss-reactive ketones (excluding diaryl/α,β-unsaturated/α-hetero) is 1. The summed E-state index contributed by atoms with van der Waals surface area (Å²) in [4.78, 5) is 13.0. The minimum Gasteiger partial charge on any atom is -0.299 e. The number of rotatable bonds is 32. The molecule has 0 rings (SSSR count). The van der Waals surface area contributed by atoms with Crippen molar-refractivity contribution in [1.29, 1.82) is 0 Å². The average Bonchev–Trinajstić information content (AvgIpc) is 2.90. The second kappa shape index (κ2) is 31.9. The predicted molar refractivity (Wildman–Crippen MR) is 169 cm³/mol. The van der Waals surface area contributed by atoms with Crippen LogP contribution in [0, 0.1) is 5.92 Å². The number of carbonyl (C=O) groups excluding carboxylic acids is 1. The highest BCUT2D eigenvalue weighted by molar-refractivity contribution is 5.80. The van der Waals surface area contributed by atoms with E-state index in [0.717, 1.165) is 12.8 Å². The molecule has 1 nitrogen and oxygen atoms in total. The zero-order valence-electron chi connectivity index (χ0n) is 26.4. The first-order valence-electron chi connectivity index (χ1n) is 17.8. The molecule has 1 atom stereocenters. The van der Waals surface area contributed by atoms with Gasteiger partial charge in [-0.1, -0.05) is 194 Å². The Kier molecular flexibility index (Phi) is 31.6. The summed E-state index contributed by atoms with van der Waals surface area (Å²) in [5.41, 5.74) is 0. The Morgan fingerprint density at radius 3 is 0.892 bits per heavy atom. The maximum Gasteiger partial charge on any atom is 0.135 e. The number of carbonyl (C=O) groups is 1. The highest BCUT2D eigenvalue weighted by Gasteiger charge is 2.17. The number of ketones is 1. The summed E-state index contributed by atoms with van der Waals surface area (Å²) >= 11 is 0. The highest BCUT2D eigenvalue weighted by atomic mass is 16.1. The summed E-state index contributed by atoms with van der Waals surface area (Å²) < 4.78 is 0. The fraction of sp³-hybridized carbons (Fsp3) is 0.972. The first-order valence-corrected chi connectivity index (χ1v) is 17.8. The van der Waals surface area contributed by atoms with E-state index >= 15 is 0 Å². The summed E-state index contributed by atoms with van der Waals surface area (Å²) in [7, 11) is 0. The third kappa shape index (κ3) is 28.5. The molecule has 0 saturated heterocycles. The molecule has 0 radical (unpaired) electrons. The van der Waals surface area contributed by atoms with Gasteiger partial charge in [0.05, 0.1) is 0 Å². The Morgan fingerprint density at radius 2 is 0.595 bits per heavy atom. The molecule has 0 aliphatic rings. The summed E-state index contributed by atoms with van der Waals surface area (Å²) in [6, 6.07) is 0. The van der Waals surface area contributed by atoms with Gasteiger partial charge in [-0.2, -0.15) is 0 Å². The van der Waals surface area contributed by atoms with Crippen LogP contribution in [0.25, 0.3) is 0 Å². The summed E-state index contributed by atoms with van der Waals surface area (Å²) in [6.45, 7) is 6.87. The van der Waals surface area contributed by atoms with Crippen molar-refractivity contribution >= 4 is 5.78 Å². The minimum absolute atomic E-state index is 0.369. The number of hydrogen-bond acceptors (Lipinski definition) is 1. The van der Waals surface area contributed by atoms with E-state index in [1.165, 1.54) is 186 Å². The molecule has 222 valence electrons.